The third-order valence-corrected chi connectivity index (χ3v) is 2.72. The van der Waals surface area contributed by atoms with E-state index in [0.717, 1.165) is 4.90 Å². The van der Waals surface area contributed by atoms with E-state index in [2.05, 4.69) is 0 Å². The molecule has 0 heterocycles. The fourth-order valence-corrected chi connectivity index (χ4v) is 1.70. The summed E-state index contributed by atoms with van der Waals surface area (Å²) >= 11 is 0. The maximum atomic E-state index is 12.0. The van der Waals surface area contributed by atoms with E-state index in [9.17, 15) is 9.59 Å². The summed E-state index contributed by atoms with van der Waals surface area (Å²) in [6.45, 7) is 0. The van der Waals surface area contributed by atoms with Crippen molar-refractivity contribution in [1.29, 1.82) is 0 Å². The molecule has 2 aromatic carbocycles. The molecule has 0 unspecified atom stereocenters. The third kappa shape index (κ3) is 2.95. The highest BCUT2D eigenvalue weighted by atomic mass is 16.6. The fourth-order valence-electron chi connectivity index (χ4n) is 1.70. The number of carboxylic acid groups (broad SMARTS) is 1. The molecule has 0 aliphatic carbocycles. The quantitative estimate of drug-likeness (QED) is 0.931. The van der Waals surface area contributed by atoms with Gasteiger partial charge in [-0.2, -0.15) is 0 Å². The molecule has 102 valence electrons. The Kier molecular flexibility index (Phi) is 4.00. The summed E-state index contributed by atoms with van der Waals surface area (Å²) < 4.78 is 5.16. The second kappa shape index (κ2) is 5.88. The van der Waals surface area contributed by atoms with Crippen LogP contribution in [0.1, 0.15) is 10.4 Å². The minimum absolute atomic E-state index is 0.0417. The lowest BCUT2D eigenvalue weighted by molar-refractivity contribution is 0.0697. The van der Waals surface area contributed by atoms with Gasteiger partial charge in [0, 0.05) is 7.05 Å². The molecule has 0 spiro atoms. The Balaban J connectivity index is 2.21. The van der Waals surface area contributed by atoms with Crippen LogP contribution in [0.3, 0.4) is 0 Å². The molecule has 0 saturated carbocycles. The molecule has 1 amide bonds. The van der Waals surface area contributed by atoms with Crippen molar-refractivity contribution >= 4 is 17.7 Å². The first kappa shape index (κ1) is 13.6. The smallest absolute Gasteiger partial charge is 0.419 e. The van der Waals surface area contributed by atoms with Crippen molar-refractivity contribution in [2.45, 2.75) is 0 Å². The van der Waals surface area contributed by atoms with Gasteiger partial charge in [0.2, 0.25) is 0 Å². The number of para-hydroxylation sites is 2. The van der Waals surface area contributed by atoms with Gasteiger partial charge in [-0.15, -0.1) is 0 Å². The molecule has 0 fully saturated rings. The van der Waals surface area contributed by atoms with Gasteiger partial charge in [0.05, 0.1) is 11.3 Å². The zero-order valence-corrected chi connectivity index (χ0v) is 10.8. The van der Waals surface area contributed by atoms with Gasteiger partial charge in [-0.05, 0) is 24.3 Å². The van der Waals surface area contributed by atoms with E-state index in [0.29, 0.717) is 5.75 Å². The van der Waals surface area contributed by atoms with Crippen LogP contribution in [0.5, 0.6) is 5.75 Å². The molecule has 0 atom stereocenters. The van der Waals surface area contributed by atoms with Crippen LogP contribution < -0.4 is 9.64 Å². The number of hydrogen-bond donors (Lipinski definition) is 1. The van der Waals surface area contributed by atoms with Crippen molar-refractivity contribution in [3.8, 4) is 5.75 Å². The summed E-state index contributed by atoms with van der Waals surface area (Å²) in [5.74, 6) is -0.697. The van der Waals surface area contributed by atoms with Gasteiger partial charge in [-0.1, -0.05) is 30.3 Å². The fraction of sp³-hybridized carbons (Fsp3) is 0.0667. The van der Waals surface area contributed by atoms with Crippen molar-refractivity contribution in [1.82, 2.24) is 0 Å². The van der Waals surface area contributed by atoms with E-state index < -0.39 is 12.1 Å². The Bertz CT molecular complexity index is 625. The van der Waals surface area contributed by atoms with Crippen LogP contribution in [0.2, 0.25) is 0 Å². The average molecular weight is 271 g/mol. The standard InChI is InChI=1S/C15H13NO4/c1-16(13-10-6-5-9-12(13)14(17)18)15(19)20-11-7-3-2-4-8-11/h2-10H,1H3,(H,17,18). The first-order chi connectivity index (χ1) is 9.59. The number of carbonyl (C=O) groups is 2. The number of rotatable bonds is 3. The van der Waals surface area contributed by atoms with E-state index in [1.165, 1.54) is 13.1 Å². The molecule has 20 heavy (non-hydrogen) atoms. The zero-order chi connectivity index (χ0) is 14.5. The molecule has 5 nitrogen and oxygen atoms in total. The maximum absolute atomic E-state index is 12.0. The van der Waals surface area contributed by atoms with Crippen LogP contribution in [-0.4, -0.2) is 24.2 Å². The summed E-state index contributed by atoms with van der Waals surface area (Å²) in [5.41, 5.74) is 0.320. The van der Waals surface area contributed by atoms with E-state index in [1.807, 2.05) is 0 Å². The Hall–Kier alpha value is -2.82. The lowest BCUT2D eigenvalue weighted by Gasteiger charge is -2.18. The zero-order valence-electron chi connectivity index (χ0n) is 10.8. The second-order valence-electron chi connectivity index (χ2n) is 4.06. The largest absolute Gasteiger partial charge is 0.478 e. The van der Waals surface area contributed by atoms with Crippen LogP contribution in [0.15, 0.2) is 54.6 Å². The van der Waals surface area contributed by atoms with Crippen molar-refractivity contribution in [3.05, 3.63) is 60.2 Å². The van der Waals surface area contributed by atoms with Gasteiger partial charge in [0.1, 0.15) is 5.75 Å². The molecule has 5 heteroatoms. The molecule has 0 radical (unpaired) electrons. The summed E-state index contributed by atoms with van der Waals surface area (Å²) in [5, 5.41) is 9.11. The number of anilines is 1. The Morgan fingerprint density at radius 1 is 1.00 bits per heavy atom. The molecular weight excluding hydrogens is 258 g/mol. The van der Waals surface area contributed by atoms with Crippen LogP contribution in [-0.2, 0) is 0 Å². The number of nitrogens with zero attached hydrogens (tertiary/aromatic N) is 1. The second-order valence-corrected chi connectivity index (χ2v) is 4.06. The first-order valence-electron chi connectivity index (χ1n) is 5.92. The lowest BCUT2D eigenvalue weighted by atomic mass is 10.1. The molecule has 0 bridgehead atoms. The number of amides is 1. The summed E-state index contributed by atoms with van der Waals surface area (Å²) in [7, 11) is 1.47. The SMILES string of the molecule is CN(C(=O)Oc1ccccc1)c1ccccc1C(=O)O. The number of hydrogen-bond acceptors (Lipinski definition) is 3. The minimum Gasteiger partial charge on any atom is -0.478 e. The van der Waals surface area contributed by atoms with E-state index >= 15 is 0 Å². The van der Waals surface area contributed by atoms with Crippen molar-refractivity contribution in [3.63, 3.8) is 0 Å². The Morgan fingerprint density at radius 2 is 1.60 bits per heavy atom. The minimum atomic E-state index is -1.10. The average Bonchev–Trinajstić information content (AvgIpc) is 2.47. The number of carboxylic acids is 1. The van der Waals surface area contributed by atoms with Crippen molar-refractivity contribution in [2.75, 3.05) is 11.9 Å². The van der Waals surface area contributed by atoms with Gasteiger partial charge < -0.3 is 9.84 Å². The molecule has 1 N–H and O–H groups in total. The maximum Gasteiger partial charge on any atom is 0.419 e. The highest BCUT2D eigenvalue weighted by molar-refractivity contribution is 6.00. The topological polar surface area (TPSA) is 66.8 Å². The third-order valence-electron chi connectivity index (χ3n) is 2.72. The molecule has 0 aliphatic rings. The monoisotopic (exact) mass is 271 g/mol. The van der Waals surface area contributed by atoms with Gasteiger partial charge in [0.15, 0.2) is 0 Å². The predicted octanol–water partition coefficient (Wildman–Crippen LogP) is 3.02. The molecular formula is C15H13NO4. The molecule has 0 aliphatic heterocycles. The Labute approximate surface area is 116 Å². The lowest BCUT2D eigenvalue weighted by Crippen LogP contribution is -2.30. The number of carbonyl (C=O) groups excluding carboxylic acids is 1. The van der Waals surface area contributed by atoms with E-state index in [1.54, 1.807) is 48.5 Å². The molecule has 2 rings (SSSR count). The van der Waals surface area contributed by atoms with Gasteiger partial charge in [-0.25, -0.2) is 9.59 Å². The predicted molar refractivity (Wildman–Crippen MR) is 74.3 cm³/mol. The van der Waals surface area contributed by atoms with Gasteiger partial charge >= 0.3 is 12.1 Å². The summed E-state index contributed by atoms with van der Waals surface area (Å²) in [4.78, 5) is 24.3. The van der Waals surface area contributed by atoms with Crippen molar-refractivity contribution in [2.24, 2.45) is 0 Å². The van der Waals surface area contributed by atoms with Crippen LogP contribution in [0.4, 0.5) is 10.5 Å². The van der Waals surface area contributed by atoms with Gasteiger partial charge in [0.25, 0.3) is 0 Å². The van der Waals surface area contributed by atoms with Crippen LogP contribution in [0.25, 0.3) is 0 Å². The number of benzene rings is 2. The first-order valence-corrected chi connectivity index (χ1v) is 5.92. The summed E-state index contributed by atoms with van der Waals surface area (Å²) in [6.07, 6.45) is -0.648. The summed E-state index contributed by atoms with van der Waals surface area (Å²) in [6, 6.07) is 14.8. The van der Waals surface area contributed by atoms with Crippen LogP contribution >= 0.6 is 0 Å². The number of aromatic carboxylic acids is 1. The van der Waals surface area contributed by atoms with Crippen LogP contribution in [0, 0.1) is 0 Å². The van der Waals surface area contributed by atoms with E-state index in [-0.39, 0.29) is 11.3 Å². The molecule has 0 aromatic heterocycles. The van der Waals surface area contributed by atoms with E-state index in [4.69, 9.17) is 9.84 Å². The van der Waals surface area contributed by atoms with Gasteiger partial charge in [-0.3, -0.25) is 4.90 Å². The van der Waals surface area contributed by atoms with Crippen molar-refractivity contribution < 1.29 is 19.4 Å². The normalized spacial score (nSPS) is 9.85. The molecule has 0 saturated heterocycles. The molecule has 2 aromatic rings. The Morgan fingerprint density at radius 3 is 2.25 bits per heavy atom. The highest BCUT2D eigenvalue weighted by Gasteiger charge is 2.19. The number of ether oxygens (including phenoxy) is 1. The highest BCUT2D eigenvalue weighted by Crippen LogP contribution is 2.20.